The van der Waals surface area contributed by atoms with E-state index >= 15 is 0 Å². The molecule has 0 aliphatic carbocycles. The predicted octanol–water partition coefficient (Wildman–Crippen LogP) is 2.17. The number of hydrogen-bond acceptors (Lipinski definition) is 3. The van der Waals surface area contributed by atoms with Gasteiger partial charge in [-0.05, 0) is 31.5 Å². The average Bonchev–Trinajstić information content (AvgIpc) is 2.23. The number of thiocarbonyl (C=S) groups is 1. The smallest absolute Gasteiger partial charge is 0.241 e. The van der Waals surface area contributed by atoms with Crippen molar-refractivity contribution >= 4 is 48.8 Å². The van der Waals surface area contributed by atoms with Crippen molar-refractivity contribution in [1.82, 2.24) is 0 Å². The summed E-state index contributed by atoms with van der Waals surface area (Å²) >= 11 is 8.02. The molecule has 1 aromatic rings. The van der Waals surface area contributed by atoms with Gasteiger partial charge in [-0.1, -0.05) is 34.2 Å². The van der Waals surface area contributed by atoms with Crippen LogP contribution in [-0.2, 0) is 10.0 Å². The molecule has 0 spiro atoms. The minimum absolute atomic E-state index is 0.0508. The monoisotopic (exact) mass is 336 g/mol. The number of hydrogen-bond donors (Lipinski definition) is 2. The summed E-state index contributed by atoms with van der Waals surface area (Å²) < 4.78 is 27.1. The van der Waals surface area contributed by atoms with Crippen LogP contribution >= 0.6 is 28.1 Å². The Bertz CT molecular complexity index is 543. The first-order valence-electron chi connectivity index (χ1n) is 4.81. The molecule has 0 aromatic heterocycles. The Kier molecular flexibility index (Phi) is 4.51. The maximum absolute atomic E-state index is 11.9. The van der Waals surface area contributed by atoms with Gasteiger partial charge in [-0.2, -0.15) is 0 Å². The van der Waals surface area contributed by atoms with E-state index in [2.05, 4.69) is 20.7 Å². The molecule has 1 aromatic carbocycles. The van der Waals surface area contributed by atoms with Gasteiger partial charge in [-0.25, -0.2) is 8.42 Å². The van der Waals surface area contributed by atoms with Crippen molar-refractivity contribution in [2.24, 2.45) is 5.73 Å². The summed E-state index contributed by atoms with van der Waals surface area (Å²) in [5.41, 5.74) is 6.67. The van der Waals surface area contributed by atoms with Crippen LogP contribution in [0.4, 0.5) is 5.69 Å². The van der Waals surface area contributed by atoms with Gasteiger partial charge in [0, 0.05) is 4.47 Å². The number of nitrogens with two attached hydrogens (primary N) is 1. The molecule has 4 nitrogen and oxygen atoms in total. The van der Waals surface area contributed by atoms with Crippen LogP contribution in [0.25, 0.3) is 0 Å². The fraction of sp³-hybridized carbons (Fsp3) is 0.300. The van der Waals surface area contributed by atoms with Crippen LogP contribution in [0.3, 0.4) is 0 Å². The number of halogens is 1. The SMILES string of the molecule is Cc1c(Br)cccc1NS(=O)(=O)C(C)C(N)=S. The van der Waals surface area contributed by atoms with Gasteiger partial charge in [0.05, 0.1) is 10.7 Å². The molecule has 0 aliphatic rings. The maximum atomic E-state index is 11.9. The highest BCUT2D eigenvalue weighted by molar-refractivity contribution is 9.10. The fourth-order valence-electron chi connectivity index (χ4n) is 1.11. The van der Waals surface area contributed by atoms with Gasteiger partial charge >= 0.3 is 0 Å². The van der Waals surface area contributed by atoms with E-state index in [1.807, 2.05) is 13.0 Å². The minimum Gasteiger partial charge on any atom is -0.392 e. The third-order valence-corrected chi connectivity index (χ3v) is 5.44. The second-order valence-electron chi connectivity index (χ2n) is 3.60. The van der Waals surface area contributed by atoms with Crippen molar-refractivity contribution in [3.05, 3.63) is 28.2 Å². The summed E-state index contributed by atoms with van der Waals surface area (Å²) in [6, 6.07) is 5.27. The molecule has 0 aliphatic heterocycles. The Morgan fingerprint density at radius 3 is 2.65 bits per heavy atom. The van der Waals surface area contributed by atoms with Gasteiger partial charge in [0.1, 0.15) is 5.25 Å². The molecular weight excluding hydrogens is 324 g/mol. The molecule has 0 fully saturated rings. The highest BCUT2D eigenvalue weighted by Crippen LogP contribution is 2.24. The molecule has 0 bridgehead atoms. The van der Waals surface area contributed by atoms with Gasteiger partial charge in [0.25, 0.3) is 0 Å². The Morgan fingerprint density at radius 1 is 1.53 bits per heavy atom. The Labute approximate surface area is 115 Å². The van der Waals surface area contributed by atoms with Crippen LogP contribution in [-0.4, -0.2) is 18.7 Å². The minimum atomic E-state index is -3.59. The van der Waals surface area contributed by atoms with Crippen LogP contribution in [0.1, 0.15) is 12.5 Å². The van der Waals surface area contributed by atoms with Crippen molar-refractivity contribution in [3.63, 3.8) is 0 Å². The molecule has 3 N–H and O–H groups in total. The largest absolute Gasteiger partial charge is 0.392 e. The molecule has 17 heavy (non-hydrogen) atoms. The molecule has 0 amide bonds. The van der Waals surface area contributed by atoms with E-state index in [-0.39, 0.29) is 4.99 Å². The molecule has 1 rings (SSSR count). The molecule has 0 radical (unpaired) electrons. The van der Waals surface area contributed by atoms with E-state index < -0.39 is 15.3 Å². The Balaban J connectivity index is 3.07. The van der Waals surface area contributed by atoms with Crippen LogP contribution in [0.2, 0.25) is 0 Å². The third-order valence-electron chi connectivity index (χ3n) is 2.39. The van der Waals surface area contributed by atoms with Gasteiger partial charge in [-0.3, -0.25) is 4.72 Å². The molecule has 1 atom stereocenters. The molecule has 0 heterocycles. The molecule has 0 saturated heterocycles. The number of benzene rings is 1. The van der Waals surface area contributed by atoms with Gasteiger partial charge < -0.3 is 5.73 Å². The van der Waals surface area contributed by atoms with Gasteiger partial charge in [0.2, 0.25) is 10.0 Å². The van der Waals surface area contributed by atoms with Gasteiger partial charge in [0.15, 0.2) is 0 Å². The lowest BCUT2D eigenvalue weighted by atomic mass is 10.2. The first kappa shape index (κ1) is 14.4. The van der Waals surface area contributed by atoms with E-state index in [4.69, 9.17) is 18.0 Å². The number of sulfonamides is 1. The van der Waals surface area contributed by atoms with E-state index in [1.54, 1.807) is 12.1 Å². The van der Waals surface area contributed by atoms with E-state index in [9.17, 15) is 8.42 Å². The van der Waals surface area contributed by atoms with Crippen LogP contribution < -0.4 is 10.5 Å². The quantitative estimate of drug-likeness (QED) is 0.826. The average molecular weight is 337 g/mol. The fourth-order valence-corrected chi connectivity index (χ4v) is 2.87. The summed E-state index contributed by atoms with van der Waals surface area (Å²) in [5.74, 6) is 0. The molecule has 7 heteroatoms. The topological polar surface area (TPSA) is 72.2 Å². The van der Waals surface area contributed by atoms with Gasteiger partial charge in [-0.15, -0.1) is 0 Å². The molecule has 0 saturated carbocycles. The lowest BCUT2D eigenvalue weighted by Crippen LogP contribution is -2.35. The summed E-state index contributed by atoms with van der Waals surface area (Å²) in [6.07, 6.45) is 0. The highest BCUT2D eigenvalue weighted by atomic mass is 79.9. The zero-order valence-electron chi connectivity index (χ0n) is 9.40. The number of rotatable bonds is 4. The highest BCUT2D eigenvalue weighted by Gasteiger charge is 2.23. The second-order valence-corrected chi connectivity index (χ2v) is 6.93. The lowest BCUT2D eigenvalue weighted by Gasteiger charge is -2.15. The predicted molar refractivity (Wildman–Crippen MR) is 77.7 cm³/mol. The molecule has 94 valence electrons. The van der Waals surface area contributed by atoms with Crippen molar-refractivity contribution < 1.29 is 8.42 Å². The van der Waals surface area contributed by atoms with E-state index in [1.165, 1.54) is 6.92 Å². The standard InChI is InChI=1S/C10H13BrN2O2S2/c1-6-8(11)4-3-5-9(6)13-17(14,15)7(2)10(12)16/h3-5,7,13H,1-2H3,(H2,12,16). The Morgan fingerprint density at radius 2 is 2.12 bits per heavy atom. The number of nitrogens with one attached hydrogen (secondary N) is 1. The van der Waals surface area contributed by atoms with Crippen molar-refractivity contribution in [2.75, 3.05) is 4.72 Å². The maximum Gasteiger partial charge on any atom is 0.241 e. The van der Waals surface area contributed by atoms with Crippen molar-refractivity contribution in [3.8, 4) is 0 Å². The van der Waals surface area contributed by atoms with Crippen LogP contribution in [0.5, 0.6) is 0 Å². The van der Waals surface area contributed by atoms with E-state index in [0.717, 1.165) is 10.0 Å². The van der Waals surface area contributed by atoms with Crippen molar-refractivity contribution in [1.29, 1.82) is 0 Å². The van der Waals surface area contributed by atoms with E-state index in [0.29, 0.717) is 5.69 Å². The molecule has 1 unspecified atom stereocenters. The third kappa shape index (κ3) is 3.40. The second kappa shape index (κ2) is 5.32. The Hall–Kier alpha value is -0.660. The first-order valence-corrected chi connectivity index (χ1v) is 7.56. The van der Waals surface area contributed by atoms with Crippen molar-refractivity contribution in [2.45, 2.75) is 19.1 Å². The zero-order valence-corrected chi connectivity index (χ0v) is 12.6. The zero-order chi connectivity index (χ0) is 13.2. The summed E-state index contributed by atoms with van der Waals surface area (Å²) in [5, 5.41) is -0.907. The molecular formula is C10H13BrN2O2S2. The summed E-state index contributed by atoms with van der Waals surface area (Å²) in [7, 11) is -3.59. The number of anilines is 1. The first-order chi connectivity index (χ1) is 7.75. The lowest BCUT2D eigenvalue weighted by molar-refractivity contribution is 0.598. The summed E-state index contributed by atoms with van der Waals surface area (Å²) in [4.78, 5) is -0.0508. The normalized spacial score (nSPS) is 13.1. The summed E-state index contributed by atoms with van der Waals surface area (Å²) in [6.45, 7) is 3.27. The van der Waals surface area contributed by atoms with Crippen LogP contribution in [0, 0.1) is 6.92 Å². The van der Waals surface area contributed by atoms with Crippen LogP contribution in [0.15, 0.2) is 22.7 Å².